The summed E-state index contributed by atoms with van der Waals surface area (Å²) in [6.07, 6.45) is -16.9. The van der Waals surface area contributed by atoms with Gasteiger partial charge in [-0.2, -0.15) is 0 Å². The summed E-state index contributed by atoms with van der Waals surface area (Å²) in [6, 6.07) is 9.01. The summed E-state index contributed by atoms with van der Waals surface area (Å²) in [5, 5.41) is 72.9. The Balaban J connectivity index is 1.05. The zero-order valence-corrected chi connectivity index (χ0v) is 25.9. The molecule has 2 aromatic carbocycles. The molecule has 1 unspecified atom stereocenters. The normalized spacial score (nSPS) is 40.8. The Morgan fingerprint density at radius 2 is 1.22 bits per heavy atom. The zero-order chi connectivity index (χ0) is 34.0. The van der Waals surface area contributed by atoms with Crippen LogP contribution in [0.5, 0.6) is 28.7 Å². The van der Waals surface area contributed by atoms with Crippen LogP contribution in [0.3, 0.4) is 0 Å². The molecule has 6 aliphatic heterocycles. The van der Waals surface area contributed by atoms with Crippen LogP contribution >= 0.6 is 0 Å². The van der Waals surface area contributed by atoms with Crippen LogP contribution in [-0.4, -0.2) is 137 Å². The highest BCUT2D eigenvalue weighted by molar-refractivity contribution is 5.53. The fourth-order valence-electron chi connectivity index (χ4n) is 7.34. The van der Waals surface area contributed by atoms with Crippen molar-refractivity contribution in [2.45, 2.75) is 73.6 Å². The van der Waals surface area contributed by atoms with E-state index in [0.29, 0.717) is 41.8 Å². The number of hydrogen-bond acceptors (Lipinski definition) is 17. The average molecular weight is 695 g/mol. The first kappa shape index (κ1) is 33.1. The number of fused-ring (bicyclic) bond motifs is 3. The number of ether oxygens (including phenoxy) is 10. The summed E-state index contributed by atoms with van der Waals surface area (Å²) >= 11 is 0. The number of benzene rings is 2. The van der Waals surface area contributed by atoms with Crippen molar-refractivity contribution >= 4 is 0 Å². The smallest absolute Gasteiger partial charge is 0.231 e. The standard InChI is InChI=1S/C32H38O17/c33-6-21-23(35)25(37)26(38)31(47-21)49-30-24(36)22(7-34)48-32(27(30)39)46-17-5-20-19(44-11-45-20)4-13(17)29-15-9-40-28(14(15)8-41-29)12-1-2-16-18(3-12)43-10-42-16/h1-5,14-15,21-39H,6-11H2/t14-,15-,21-,22-,23-,24-,25+,26-,27-,28+,29+,30+,31?,32+/m0/s1. The molecule has 4 saturated heterocycles. The van der Waals surface area contributed by atoms with Crippen LogP contribution in [0.15, 0.2) is 30.3 Å². The lowest BCUT2D eigenvalue weighted by atomic mass is 9.84. The van der Waals surface area contributed by atoms with Crippen molar-refractivity contribution in [3.63, 3.8) is 0 Å². The van der Waals surface area contributed by atoms with Gasteiger partial charge in [0.05, 0.1) is 38.6 Å². The maximum Gasteiger partial charge on any atom is 0.231 e. The van der Waals surface area contributed by atoms with Crippen molar-refractivity contribution in [2.24, 2.45) is 11.8 Å². The summed E-state index contributed by atoms with van der Waals surface area (Å²) in [5.41, 5.74) is 1.49. The Morgan fingerprint density at radius 1 is 0.612 bits per heavy atom. The Kier molecular flexibility index (Phi) is 8.96. The molecular weight excluding hydrogens is 656 g/mol. The van der Waals surface area contributed by atoms with Gasteiger partial charge in [-0.3, -0.25) is 0 Å². The van der Waals surface area contributed by atoms with Gasteiger partial charge >= 0.3 is 0 Å². The van der Waals surface area contributed by atoms with Crippen LogP contribution in [0.2, 0.25) is 0 Å². The second-order valence-corrected chi connectivity index (χ2v) is 12.8. The number of aliphatic hydroxyl groups excluding tert-OH is 7. The van der Waals surface area contributed by atoms with E-state index in [1.807, 2.05) is 18.2 Å². The molecule has 49 heavy (non-hydrogen) atoms. The Labute approximate surface area is 278 Å². The lowest BCUT2D eigenvalue weighted by Gasteiger charge is -2.46. The van der Waals surface area contributed by atoms with Gasteiger partial charge in [-0.05, 0) is 23.8 Å². The zero-order valence-electron chi connectivity index (χ0n) is 25.9. The second-order valence-electron chi connectivity index (χ2n) is 12.8. The lowest BCUT2D eigenvalue weighted by molar-refractivity contribution is -0.353. The van der Waals surface area contributed by atoms with Gasteiger partial charge in [0, 0.05) is 23.5 Å². The van der Waals surface area contributed by atoms with E-state index in [0.717, 1.165) is 5.56 Å². The van der Waals surface area contributed by atoms with Crippen molar-refractivity contribution in [3.05, 3.63) is 41.5 Å². The first-order valence-corrected chi connectivity index (χ1v) is 16.1. The molecule has 0 bridgehead atoms. The predicted molar refractivity (Wildman–Crippen MR) is 157 cm³/mol. The van der Waals surface area contributed by atoms with E-state index in [2.05, 4.69) is 0 Å². The molecule has 8 rings (SSSR count). The van der Waals surface area contributed by atoms with Gasteiger partial charge in [0.1, 0.15) is 54.6 Å². The lowest BCUT2D eigenvalue weighted by Crippen LogP contribution is -2.65. The molecular formula is C32H38O17. The van der Waals surface area contributed by atoms with Crippen LogP contribution < -0.4 is 23.7 Å². The fourth-order valence-corrected chi connectivity index (χ4v) is 7.34. The molecule has 7 N–H and O–H groups in total. The largest absolute Gasteiger partial charge is 0.461 e. The molecule has 4 fully saturated rings. The third-order valence-corrected chi connectivity index (χ3v) is 10.0. The average Bonchev–Trinajstić information content (AvgIpc) is 3.92. The van der Waals surface area contributed by atoms with Crippen LogP contribution in [-0.2, 0) is 23.7 Å². The summed E-state index contributed by atoms with van der Waals surface area (Å²) in [4.78, 5) is 0. The van der Waals surface area contributed by atoms with E-state index in [1.165, 1.54) is 0 Å². The van der Waals surface area contributed by atoms with E-state index in [-0.39, 0.29) is 37.3 Å². The number of rotatable bonds is 8. The Hall–Kier alpha value is -3.04. The van der Waals surface area contributed by atoms with Crippen molar-refractivity contribution in [3.8, 4) is 28.7 Å². The molecule has 17 heteroatoms. The third-order valence-electron chi connectivity index (χ3n) is 10.0. The van der Waals surface area contributed by atoms with Crippen LogP contribution in [0.1, 0.15) is 23.3 Å². The highest BCUT2D eigenvalue weighted by atomic mass is 16.7. The molecule has 6 heterocycles. The van der Waals surface area contributed by atoms with E-state index in [1.54, 1.807) is 12.1 Å². The van der Waals surface area contributed by atoms with Gasteiger partial charge in [-0.15, -0.1) is 0 Å². The van der Waals surface area contributed by atoms with Gasteiger partial charge in [-0.25, -0.2) is 0 Å². The molecule has 268 valence electrons. The van der Waals surface area contributed by atoms with Gasteiger partial charge in [-0.1, -0.05) is 6.07 Å². The molecule has 0 spiro atoms. The molecule has 0 radical (unpaired) electrons. The molecule has 0 aromatic heterocycles. The molecule has 17 nitrogen and oxygen atoms in total. The summed E-state index contributed by atoms with van der Waals surface area (Å²) < 4.78 is 58.1. The van der Waals surface area contributed by atoms with E-state index in [4.69, 9.17) is 47.4 Å². The third kappa shape index (κ3) is 5.77. The number of hydrogen-bond donors (Lipinski definition) is 7. The summed E-state index contributed by atoms with van der Waals surface area (Å²) in [5.74, 6) is 2.22. The minimum Gasteiger partial charge on any atom is -0.461 e. The molecule has 0 amide bonds. The SMILES string of the molecule is OC[C@@H]1OC(O[C@H]2[C@H](O)[C@H](Oc3cc4c(cc3[C@H]3OC[C@H]5[C@@H]3CO[C@@H]5c3ccc5c(c3)OCO5)OCO4)O[C@@H](CO)[C@@H]2O)[C@@H](O)[C@H](O)[C@H]1O. The van der Waals surface area contributed by atoms with Gasteiger partial charge in [0.2, 0.25) is 19.9 Å². The predicted octanol–water partition coefficient (Wildman–Crippen LogP) is -1.78. The van der Waals surface area contributed by atoms with E-state index < -0.39 is 80.7 Å². The van der Waals surface area contributed by atoms with E-state index in [9.17, 15) is 35.7 Å². The minimum absolute atomic E-state index is 0.0228. The monoisotopic (exact) mass is 694 g/mol. The fraction of sp³-hybridized carbons (Fsp3) is 0.625. The summed E-state index contributed by atoms with van der Waals surface area (Å²) in [7, 11) is 0. The highest BCUT2D eigenvalue weighted by Crippen LogP contribution is 2.54. The van der Waals surface area contributed by atoms with Crippen molar-refractivity contribution in [1.29, 1.82) is 0 Å². The Morgan fingerprint density at radius 3 is 1.96 bits per heavy atom. The molecule has 2 aromatic rings. The molecule has 0 saturated carbocycles. The summed E-state index contributed by atoms with van der Waals surface area (Å²) in [6.45, 7) is -0.537. The number of aliphatic hydroxyl groups is 7. The van der Waals surface area contributed by atoms with Gasteiger partial charge < -0.3 is 83.1 Å². The van der Waals surface area contributed by atoms with Crippen molar-refractivity contribution in [1.82, 2.24) is 0 Å². The van der Waals surface area contributed by atoms with Crippen LogP contribution in [0.4, 0.5) is 0 Å². The van der Waals surface area contributed by atoms with E-state index >= 15 is 0 Å². The molecule has 6 aliphatic rings. The van der Waals surface area contributed by atoms with Crippen molar-refractivity contribution in [2.75, 3.05) is 40.0 Å². The maximum atomic E-state index is 11.4. The van der Waals surface area contributed by atoms with Crippen LogP contribution in [0.25, 0.3) is 0 Å². The van der Waals surface area contributed by atoms with Gasteiger partial charge in [0.25, 0.3) is 0 Å². The highest BCUT2D eigenvalue weighted by Gasteiger charge is 2.53. The van der Waals surface area contributed by atoms with Crippen LogP contribution in [0, 0.1) is 11.8 Å². The second kappa shape index (κ2) is 13.3. The minimum atomic E-state index is -1.81. The maximum absolute atomic E-state index is 11.4. The topological polar surface area (TPSA) is 234 Å². The molecule has 0 aliphatic carbocycles. The molecule has 14 atom stereocenters. The first-order valence-electron chi connectivity index (χ1n) is 16.1. The first-order chi connectivity index (χ1) is 23.7. The van der Waals surface area contributed by atoms with Gasteiger partial charge in [0.15, 0.2) is 29.3 Å². The Bertz CT molecular complexity index is 1510. The van der Waals surface area contributed by atoms with Crippen molar-refractivity contribution < 1.29 is 83.1 Å². The quantitative estimate of drug-likeness (QED) is 0.162.